The normalized spacial score (nSPS) is 12.6. The Morgan fingerprint density at radius 2 is 1.67 bits per heavy atom. The fraction of sp³-hybridized carbons (Fsp3) is 0.172. The van der Waals surface area contributed by atoms with Gasteiger partial charge in [0.05, 0.1) is 5.56 Å². The SMILES string of the molecule is Cc1ccccc1C(CC(N=O)c1ccc(=O)n(C)c1)c1ccc(-c2ccc(C(=O)O)cc2)cc1F. The number of carboxylic acid groups (broad SMARTS) is 1. The van der Waals surface area contributed by atoms with Crippen molar-refractivity contribution in [1.29, 1.82) is 0 Å². The number of aromatic nitrogens is 1. The maximum Gasteiger partial charge on any atom is 0.335 e. The van der Waals surface area contributed by atoms with Crippen molar-refractivity contribution in [3.63, 3.8) is 0 Å². The third-order valence-electron chi connectivity index (χ3n) is 6.48. The van der Waals surface area contributed by atoms with Gasteiger partial charge in [-0.05, 0) is 71.0 Å². The molecular weight excluding hydrogens is 459 g/mol. The molecule has 182 valence electrons. The summed E-state index contributed by atoms with van der Waals surface area (Å²) in [6, 6.07) is 21.0. The minimum atomic E-state index is -1.03. The van der Waals surface area contributed by atoms with E-state index in [0.717, 1.165) is 11.1 Å². The Kier molecular flexibility index (Phi) is 7.20. The zero-order valence-corrected chi connectivity index (χ0v) is 19.9. The second-order valence-corrected chi connectivity index (χ2v) is 8.80. The molecule has 2 unspecified atom stereocenters. The van der Waals surface area contributed by atoms with Gasteiger partial charge in [-0.1, -0.05) is 53.7 Å². The second kappa shape index (κ2) is 10.5. The minimum Gasteiger partial charge on any atom is -0.478 e. The van der Waals surface area contributed by atoms with Crippen molar-refractivity contribution in [2.24, 2.45) is 12.2 Å². The standard InChI is InChI=1S/C29H25FN2O4/c1-18-5-3-4-6-23(18)25(16-27(31-36)22-12-14-28(33)32(2)17-22)24-13-11-21(15-26(24)30)19-7-9-20(10-8-19)29(34)35/h3-15,17,25,27H,16H2,1-2H3,(H,34,35). The maximum atomic E-state index is 15.6. The van der Waals surface area contributed by atoms with E-state index in [4.69, 9.17) is 5.11 Å². The molecule has 0 aliphatic rings. The Morgan fingerprint density at radius 3 is 2.28 bits per heavy atom. The fourth-order valence-electron chi connectivity index (χ4n) is 4.47. The molecule has 6 nitrogen and oxygen atoms in total. The van der Waals surface area contributed by atoms with Crippen molar-refractivity contribution in [2.75, 3.05) is 0 Å². The average molecular weight is 485 g/mol. The van der Waals surface area contributed by atoms with Gasteiger partial charge in [0.15, 0.2) is 0 Å². The van der Waals surface area contributed by atoms with Gasteiger partial charge in [0, 0.05) is 25.2 Å². The summed E-state index contributed by atoms with van der Waals surface area (Å²) in [5.41, 5.74) is 4.11. The summed E-state index contributed by atoms with van der Waals surface area (Å²) in [4.78, 5) is 34.9. The number of hydrogen-bond acceptors (Lipinski definition) is 4. The Balaban J connectivity index is 1.75. The van der Waals surface area contributed by atoms with Gasteiger partial charge in [-0.15, -0.1) is 0 Å². The highest BCUT2D eigenvalue weighted by Crippen LogP contribution is 2.39. The molecule has 2 atom stereocenters. The molecule has 0 aliphatic heterocycles. The fourth-order valence-corrected chi connectivity index (χ4v) is 4.47. The number of carboxylic acids is 1. The molecule has 0 saturated carbocycles. The highest BCUT2D eigenvalue weighted by atomic mass is 19.1. The molecule has 0 bridgehead atoms. The molecule has 3 aromatic carbocycles. The summed E-state index contributed by atoms with van der Waals surface area (Å²) in [6.45, 7) is 1.94. The van der Waals surface area contributed by atoms with E-state index in [1.165, 1.54) is 28.8 Å². The summed E-state index contributed by atoms with van der Waals surface area (Å²) in [7, 11) is 1.61. The lowest BCUT2D eigenvalue weighted by atomic mass is 9.82. The Hall–Kier alpha value is -4.39. The Bertz CT molecular complexity index is 1480. The average Bonchev–Trinajstić information content (AvgIpc) is 2.87. The van der Waals surface area contributed by atoms with Gasteiger partial charge in [0.2, 0.25) is 5.56 Å². The molecule has 36 heavy (non-hydrogen) atoms. The minimum absolute atomic E-state index is 0.154. The molecule has 0 amide bonds. The lowest BCUT2D eigenvalue weighted by molar-refractivity contribution is 0.0697. The highest BCUT2D eigenvalue weighted by Gasteiger charge is 2.26. The first-order valence-electron chi connectivity index (χ1n) is 11.5. The quantitative estimate of drug-likeness (QED) is 0.300. The molecule has 0 aliphatic carbocycles. The topological polar surface area (TPSA) is 88.7 Å². The number of nitroso groups, excluding NO2 is 1. The Morgan fingerprint density at radius 1 is 0.972 bits per heavy atom. The number of carbonyl (C=O) groups is 1. The molecule has 0 saturated heterocycles. The third kappa shape index (κ3) is 5.15. The van der Waals surface area contributed by atoms with Crippen LogP contribution in [0.2, 0.25) is 0 Å². The van der Waals surface area contributed by atoms with E-state index < -0.39 is 23.7 Å². The van der Waals surface area contributed by atoms with E-state index in [-0.39, 0.29) is 17.5 Å². The number of pyridine rings is 1. The molecule has 0 fully saturated rings. The summed E-state index contributed by atoms with van der Waals surface area (Å²) < 4.78 is 17.0. The highest BCUT2D eigenvalue weighted by molar-refractivity contribution is 5.88. The largest absolute Gasteiger partial charge is 0.478 e. The van der Waals surface area contributed by atoms with Crippen LogP contribution in [0.25, 0.3) is 11.1 Å². The summed E-state index contributed by atoms with van der Waals surface area (Å²) in [5.74, 6) is -1.93. The van der Waals surface area contributed by atoms with Gasteiger partial charge in [-0.3, -0.25) is 4.79 Å². The molecule has 0 radical (unpaired) electrons. The molecule has 1 heterocycles. The van der Waals surface area contributed by atoms with Crippen LogP contribution in [-0.2, 0) is 7.05 Å². The van der Waals surface area contributed by atoms with Crippen molar-refractivity contribution in [2.45, 2.75) is 25.3 Å². The van der Waals surface area contributed by atoms with Crippen molar-refractivity contribution in [3.8, 4) is 11.1 Å². The number of benzene rings is 3. The maximum absolute atomic E-state index is 15.6. The lowest BCUT2D eigenvalue weighted by Gasteiger charge is -2.23. The van der Waals surface area contributed by atoms with E-state index in [1.54, 1.807) is 43.6 Å². The van der Waals surface area contributed by atoms with Gasteiger partial charge in [0.1, 0.15) is 11.9 Å². The van der Waals surface area contributed by atoms with Crippen LogP contribution >= 0.6 is 0 Å². The first-order chi connectivity index (χ1) is 17.3. The number of aromatic carboxylic acids is 1. The van der Waals surface area contributed by atoms with Crippen LogP contribution in [0.4, 0.5) is 4.39 Å². The molecule has 1 N–H and O–H groups in total. The lowest BCUT2D eigenvalue weighted by Crippen LogP contribution is -2.17. The van der Waals surface area contributed by atoms with Crippen molar-refractivity contribution >= 4 is 5.97 Å². The molecule has 7 heteroatoms. The number of nitrogens with zero attached hydrogens (tertiary/aromatic N) is 2. The summed E-state index contributed by atoms with van der Waals surface area (Å²) >= 11 is 0. The smallest absolute Gasteiger partial charge is 0.335 e. The van der Waals surface area contributed by atoms with Gasteiger partial charge in [-0.2, -0.15) is 4.91 Å². The molecular formula is C29H25FN2O4. The number of rotatable bonds is 8. The van der Waals surface area contributed by atoms with E-state index in [0.29, 0.717) is 22.3 Å². The third-order valence-corrected chi connectivity index (χ3v) is 6.48. The van der Waals surface area contributed by atoms with Gasteiger partial charge in [-0.25, -0.2) is 9.18 Å². The zero-order chi connectivity index (χ0) is 25.8. The van der Waals surface area contributed by atoms with Crippen LogP contribution in [0.1, 0.15) is 51.0 Å². The van der Waals surface area contributed by atoms with Crippen LogP contribution in [0.15, 0.2) is 95.0 Å². The van der Waals surface area contributed by atoms with Crippen molar-refractivity contribution < 1.29 is 14.3 Å². The van der Waals surface area contributed by atoms with Gasteiger partial charge >= 0.3 is 5.97 Å². The van der Waals surface area contributed by atoms with E-state index >= 15 is 4.39 Å². The van der Waals surface area contributed by atoms with Crippen LogP contribution in [0.5, 0.6) is 0 Å². The van der Waals surface area contributed by atoms with E-state index in [9.17, 15) is 14.5 Å². The summed E-state index contributed by atoms with van der Waals surface area (Å²) in [6.07, 6.45) is 1.81. The molecule has 0 spiro atoms. The first kappa shape index (κ1) is 24.7. The van der Waals surface area contributed by atoms with Gasteiger partial charge in [0.25, 0.3) is 0 Å². The van der Waals surface area contributed by atoms with Crippen molar-refractivity contribution in [3.05, 3.63) is 134 Å². The van der Waals surface area contributed by atoms with E-state index in [2.05, 4.69) is 5.18 Å². The van der Waals surface area contributed by atoms with Crippen LogP contribution in [0, 0.1) is 17.6 Å². The monoisotopic (exact) mass is 484 g/mol. The molecule has 4 rings (SSSR count). The van der Waals surface area contributed by atoms with Crippen LogP contribution in [-0.4, -0.2) is 15.6 Å². The Labute approximate surface area is 207 Å². The number of hydrogen-bond donors (Lipinski definition) is 1. The predicted molar refractivity (Wildman–Crippen MR) is 137 cm³/mol. The molecule has 4 aromatic rings. The summed E-state index contributed by atoms with van der Waals surface area (Å²) in [5, 5.41) is 12.4. The second-order valence-electron chi connectivity index (χ2n) is 8.80. The van der Waals surface area contributed by atoms with Crippen molar-refractivity contribution in [1.82, 2.24) is 4.57 Å². The van der Waals surface area contributed by atoms with E-state index in [1.807, 2.05) is 31.2 Å². The zero-order valence-electron chi connectivity index (χ0n) is 19.9. The van der Waals surface area contributed by atoms with Crippen LogP contribution < -0.4 is 5.56 Å². The predicted octanol–water partition coefficient (Wildman–Crippen LogP) is 6.23. The number of halogens is 1. The number of aryl methyl sites for hydroxylation is 2. The molecule has 1 aromatic heterocycles. The van der Waals surface area contributed by atoms with Crippen LogP contribution in [0.3, 0.4) is 0 Å². The van der Waals surface area contributed by atoms with Gasteiger partial charge < -0.3 is 9.67 Å². The first-order valence-corrected chi connectivity index (χ1v) is 11.5.